The van der Waals surface area contributed by atoms with Crippen molar-refractivity contribution in [1.82, 2.24) is 10.2 Å². The third-order valence-corrected chi connectivity index (χ3v) is 3.60. The smallest absolute Gasteiger partial charge is 0.322 e. The topological polar surface area (TPSA) is 77.3 Å². The molecule has 0 aliphatic carbocycles. The Hall–Kier alpha value is -2.67. The van der Waals surface area contributed by atoms with E-state index in [4.69, 9.17) is 9.15 Å². The van der Waals surface area contributed by atoms with Crippen molar-refractivity contribution < 1.29 is 13.9 Å². The molecule has 0 aliphatic heterocycles. The Morgan fingerprint density at radius 1 is 1.24 bits per heavy atom. The fraction of sp³-hybridized carbons (Fsp3) is 0.0714. The molecule has 3 rings (SSSR count). The number of hydrogen-bond donors (Lipinski definition) is 1. The van der Waals surface area contributed by atoms with Gasteiger partial charge in [0.15, 0.2) is 0 Å². The summed E-state index contributed by atoms with van der Waals surface area (Å²) in [6.45, 7) is 0. The first-order valence-corrected chi connectivity index (χ1v) is 6.97. The number of amides is 1. The fourth-order valence-electron chi connectivity index (χ4n) is 1.77. The minimum atomic E-state index is -0.278. The van der Waals surface area contributed by atoms with E-state index >= 15 is 0 Å². The number of carbonyl (C=O) groups is 1. The Balaban J connectivity index is 1.82. The van der Waals surface area contributed by atoms with Crippen LogP contribution in [0.3, 0.4) is 0 Å². The third kappa shape index (κ3) is 2.77. The first-order valence-electron chi connectivity index (χ1n) is 6.09. The van der Waals surface area contributed by atoms with Crippen LogP contribution in [0.1, 0.15) is 9.67 Å². The Labute approximate surface area is 124 Å². The molecule has 0 unspecified atom stereocenters. The molecule has 0 saturated carbocycles. The SMILES string of the molecule is COc1ccccc1-c1nnc(NC(=O)c2cccs2)o1. The van der Waals surface area contributed by atoms with Crippen LogP contribution in [0.4, 0.5) is 6.01 Å². The first-order chi connectivity index (χ1) is 10.3. The molecule has 0 bridgehead atoms. The molecule has 0 aliphatic rings. The second kappa shape index (κ2) is 5.76. The molecule has 2 heterocycles. The van der Waals surface area contributed by atoms with Crippen LogP contribution in [0.25, 0.3) is 11.5 Å². The van der Waals surface area contributed by atoms with Crippen molar-refractivity contribution in [2.24, 2.45) is 0 Å². The van der Waals surface area contributed by atoms with Gasteiger partial charge in [0.1, 0.15) is 5.75 Å². The van der Waals surface area contributed by atoms with E-state index in [9.17, 15) is 4.79 Å². The fourth-order valence-corrected chi connectivity index (χ4v) is 2.39. The maximum absolute atomic E-state index is 11.9. The van der Waals surface area contributed by atoms with Crippen LogP contribution in [-0.4, -0.2) is 23.2 Å². The molecule has 106 valence electrons. The van der Waals surface area contributed by atoms with Crippen molar-refractivity contribution in [2.45, 2.75) is 0 Å². The number of aromatic nitrogens is 2. The van der Waals surface area contributed by atoms with E-state index in [-0.39, 0.29) is 17.8 Å². The van der Waals surface area contributed by atoms with Gasteiger partial charge in [0.2, 0.25) is 0 Å². The minimum absolute atomic E-state index is 0.0503. The van der Waals surface area contributed by atoms with Crippen molar-refractivity contribution in [1.29, 1.82) is 0 Å². The quantitative estimate of drug-likeness (QED) is 0.801. The second-order valence-electron chi connectivity index (χ2n) is 4.04. The molecule has 0 atom stereocenters. The normalized spacial score (nSPS) is 10.3. The summed E-state index contributed by atoms with van der Waals surface area (Å²) in [4.78, 5) is 12.5. The molecule has 1 N–H and O–H groups in total. The summed E-state index contributed by atoms with van der Waals surface area (Å²) >= 11 is 1.34. The van der Waals surface area contributed by atoms with E-state index in [1.807, 2.05) is 17.5 Å². The number of thiophene rings is 1. The molecular weight excluding hydrogens is 290 g/mol. The van der Waals surface area contributed by atoms with E-state index in [1.165, 1.54) is 11.3 Å². The van der Waals surface area contributed by atoms with Crippen molar-refractivity contribution in [3.8, 4) is 17.2 Å². The zero-order valence-electron chi connectivity index (χ0n) is 11.1. The van der Waals surface area contributed by atoms with Gasteiger partial charge in [-0.05, 0) is 23.6 Å². The molecule has 3 aromatic rings. The molecule has 6 nitrogen and oxygen atoms in total. The van der Waals surface area contributed by atoms with Crippen molar-refractivity contribution in [3.05, 3.63) is 46.7 Å². The summed E-state index contributed by atoms with van der Waals surface area (Å²) in [5.74, 6) is 0.631. The van der Waals surface area contributed by atoms with E-state index < -0.39 is 0 Å². The summed E-state index contributed by atoms with van der Waals surface area (Å²) in [7, 11) is 1.56. The van der Waals surface area contributed by atoms with Crippen LogP contribution in [0.15, 0.2) is 46.2 Å². The Kier molecular flexibility index (Phi) is 3.65. The average Bonchev–Trinajstić information content (AvgIpc) is 3.18. The molecule has 0 radical (unpaired) electrons. The molecule has 1 aromatic carbocycles. The molecule has 0 fully saturated rings. The molecule has 0 saturated heterocycles. The molecule has 21 heavy (non-hydrogen) atoms. The number of methoxy groups -OCH3 is 1. The molecule has 7 heteroatoms. The van der Waals surface area contributed by atoms with Crippen LogP contribution in [0.5, 0.6) is 5.75 Å². The highest BCUT2D eigenvalue weighted by Crippen LogP contribution is 2.29. The zero-order chi connectivity index (χ0) is 14.7. The van der Waals surface area contributed by atoms with Gasteiger partial charge in [-0.25, -0.2) is 0 Å². The predicted molar refractivity (Wildman–Crippen MR) is 78.6 cm³/mol. The summed E-state index contributed by atoms with van der Waals surface area (Å²) in [5.41, 5.74) is 0.670. The van der Waals surface area contributed by atoms with Gasteiger partial charge in [0, 0.05) is 0 Å². The average molecular weight is 301 g/mol. The minimum Gasteiger partial charge on any atom is -0.496 e. The number of para-hydroxylation sites is 1. The van der Waals surface area contributed by atoms with Crippen LogP contribution in [0.2, 0.25) is 0 Å². The van der Waals surface area contributed by atoms with Gasteiger partial charge in [-0.3, -0.25) is 10.1 Å². The number of nitrogens with one attached hydrogen (secondary N) is 1. The van der Waals surface area contributed by atoms with Gasteiger partial charge in [0.25, 0.3) is 11.8 Å². The lowest BCUT2D eigenvalue weighted by Gasteiger charge is -2.03. The molecule has 1 amide bonds. The van der Waals surface area contributed by atoms with Gasteiger partial charge in [0.05, 0.1) is 17.6 Å². The Morgan fingerprint density at radius 2 is 2.10 bits per heavy atom. The highest BCUT2D eigenvalue weighted by atomic mass is 32.1. The van der Waals surface area contributed by atoms with E-state index in [0.29, 0.717) is 16.2 Å². The van der Waals surface area contributed by atoms with Crippen molar-refractivity contribution >= 4 is 23.3 Å². The summed E-state index contributed by atoms with van der Waals surface area (Å²) in [6.07, 6.45) is 0. The van der Waals surface area contributed by atoms with Crippen LogP contribution in [0, 0.1) is 0 Å². The number of rotatable bonds is 4. The zero-order valence-corrected chi connectivity index (χ0v) is 11.9. The van der Waals surface area contributed by atoms with Gasteiger partial charge in [-0.1, -0.05) is 23.3 Å². The highest BCUT2D eigenvalue weighted by Gasteiger charge is 2.15. The molecular formula is C14H11N3O3S. The van der Waals surface area contributed by atoms with E-state index in [1.54, 1.807) is 31.4 Å². The van der Waals surface area contributed by atoms with E-state index in [2.05, 4.69) is 15.5 Å². The second-order valence-corrected chi connectivity index (χ2v) is 4.99. The Bertz CT molecular complexity index is 752. The highest BCUT2D eigenvalue weighted by molar-refractivity contribution is 7.12. The van der Waals surface area contributed by atoms with Gasteiger partial charge >= 0.3 is 6.01 Å². The number of carbonyl (C=O) groups excluding carboxylic acids is 1. The number of benzene rings is 1. The third-order valence-electron chi connectivity index (χ3n) is 2.73. The monoisotopic (exact) mass is 301 g/mol. The molecule has 2 aromatic heterocycles. The number of hydrogen-bond acceptors (Lipinski definition) is 6. The van der Waals surface area contributed by atoms with Crippen molar-refractivity contribution in [2.75, 3.05) is 12.4 Å². The van der Waals surface area contributed by atoms with Crippen molar-refractivity contribution in [3.63, 3.8) is 0 Å². The number of anilines is 1. The summed E-state index contributed by atoms with van der Waals surface area (Å²) in [5, 5.41) is 12.1. The van der Waals surface area contributed by atoms with Crippen LogP contribution < -0.4 is 10.1 Å². The summed E-state index contributed by atoms with van der Waals surface area (Å²) < 4.78 is 10.7. The van der Waals surface area contributed by atoms with Gasteiger partial charge in [-0.15, -0.1) is 16.4 Å². The number of ether oxygens (including phenoxy) is 1. The van der Waals surface area contributed by atoms with Gasteiger partial charge in [-0.2, -0.15) is 0 Å². The maximum atomic E-state index is 11.9. The van der Waals surface area contributed by atoms with Crippen LogP contribution >= 0.6 is 11.3 Å². The van der Waals surface area contributed by atoms with Gasteiger partial charge < -0.3 is 9.15 Å². The summed E-state index contributed by atoms with van der Waals surface area (Å²) in [6, 6.07) is 10.9. The largest absolute Gasteiger partial charge is 0.496 e. The predicted octanol–water partition coefficient (Wildman–Crippen LogP) is 3.06. The maximum Gasteiger partial charge on any atom is 0.322 e. The lowest BCUT2D eigenvalue weighted by molar-refractivity contribution is 0.102. The first kappa shape index (κ1) is 13.3. The Morgan fingerprint density at radius 3 is 2.86 bits per heavy atom. The lowest BCUT2D eigenvalue weighted by atomic mass is 10.2. The van der Waals surface area contributed by atoms with E-state index in [0.717, 1.165) is 0 Å². The van der Waals surface area contributed by atoms with Crippen LogP contribution in [-0.2, 0) is 0 Å². The number of nitrogens with zero attached hydrogens (tertiary/aromatic N) is 2. The standard InChI is InChI=1S/C14H11N3O3S/c1-19-10-6-3-2-5-9(10)13-16-17-14(20-13)15-12(18)11-7-4-8-21-11/h2-8H,1H3,(H,15,17,18). The molecule has 0 spiro atoms. The lowest BCUT2D eigenvalue weighted by Crippen LogP contribution is -2.10.